The zero-order valence-electron chi connectivity index (χ0n) is 25.7. The summed E-state index contributed by atoms with van der Waals surface area (Å²) in [5, 5.41) is 3.08. The maximum absolute atomic E-state index is 14.2. The normalized spacial score (nSPS) is 14.0. The van der Waals surface area contributed by atoms with Crippen molar-refractivity contribution in [2.45, 2.75) is 63.1 Å². The number of benzene rings is 3. The van der Waals surface area contributed by atoms with Gasteiger partial charge in [-0.1, -0.05) is 43.2 Å². The van der Waals surface area contributed by atoms with Gasteiger partial charge in [-0.05, 0) is 68.7 Å². The van der Waals surface area contributed by atoms with Crippen LogP contribution in [0.4, 0.5) is 5.69 Å². The summed E-state index contributed by atoms with van der Waals surface area (Å²) in [6, 6.07) is 19.3. The number of methoxy groups -OCH3 is 2. The van der Waals surface area contributed by atoms with E-state index in [2.05, 4.69) is 5.32 Å². The second-order valence-corrected chi connectivity index (χ2v) is 12.5. The first-order chi connectivity index (χ1) is 21.2. The van der Waals surface area contributed by atoms with Crippen molar-refractivity contribution in [3.8, 4) is 17.2 Å². The van der Waals surface area contributed by atoms with Crippen LogP contribution in [0.15, 0.2) is 77.7 Å². The fourth-order valence-electron chi connectivity index (χ4n) is 5.26. The Bertz CT molecular complexity index is 1510. The van der Waals surface area contributed by atoms with Gasteiger partial charge in [0.05, 0.1) is 31.4 Å². The van der Waals surface area contributed by atoms with Crippen LogP contribution in [0, 0.1) is 0 Å². The molecule has 1 aliphatic carbocycles. The molecule has 3 aromatic carbocycles. The number of hydrogen-bond acceptors (Lipinski definition) is 7. The van der Waals surface area contributed by atoms with E-state index in [1.807, 2.05) is 37.3 Å². The Morgan fingerprint density at radius 2 is 1.59 bits per heavy atom. The summed E-state index contributed by atoms with van der Waals surface area (Å²) in [6.45, 7) is 3.56. The van der Waals surface area contributed by atoms with Crippen LogP contribution >= 0.6 is 0 Å². The smallest absolute Gasteiger partial charge is 0.264 e. The Kier molecular flexibility index (Phi) is 11.1. The molecule has 0 bridgehead atoms. The van der Waals surface area contributed by atoms with Crippen molar-refractivity contribution in [2.24, 2.45) is 0 Å². The lowest BCUT2D eigenvalue weighted by Crippen LogP contribution is -2.52. The first-order valence-electron chi connectivity index (χ1n) is 14.8. The minimum Gasteiger partial charge on any atom is -0.494 e. The van der Waals surface area contributed by atoms with Gasteiger partial charge in [-0.15, -0.1) is 0 Å². The minimum atomic E-state index is -4.29. The maximum atomic E-state index is 14.2. The molecule has 0 radical (unpaired) electrons. The SMILES string of the molecule is CCOc1ccc(N(CC(=O)N(Cc2ccccc2)[C@H](C)C(=O)NC2CCCC2)S(=O)(=O)c2ccc(OC)c(OC)c2)cc1. The Labute approximate surface area is 260 Å². The summed E-state index contributed by atoms with van der Waals surface area (Å²) in [5.41, 5.74) is 1.08. The van der Waals surface area contributed by atoms with Crippen molar-refractivity contribution in [1.82, 2.24) is 10.2 Å². The van der Waals surface area contributed by atoms with Gasteiger partial charge in [-0.2, -0.15) is 0 Å². The highest BCUT2D eigenvalue weighted by molar-refractivity contribution is 7.92. The third-order valence-corrected chi connectivity index (χ3v) is 9.49. The van der Waals surface area contributed by atoms with E-state index in [0.717, 1.165) is 35.6 Å². The van der Waals surface area contributed by atoms with E-state index >= 15 is 0 Å². The molecule has 1 fully saturated rings. The van der Waals surface area contributed by atoms with Gasteiger partial charge in [0, 0.05) is 18.7 Å². The quantitative estimate of drug-likeness (QED) is 0.275. The van der Waals surface area contributed by atoms with Crippen molar-refractivity contribution in [3.63, 3.8) is 0 Å². The number of anilines is 1. The predicted octanol–water partition coefficient (Wildman–Crippen LogP) is 4.77. The van der Waals surface area contributed by atoms with Gasteiger partial charge in [-0.3, -0.25) is 13.9 Å². The van der Waals surface area contributed by atoms with Crippen LogP contribution in [-0.4, -0.2) is 64.6 Å². The molecule has 0 saturated heterocycles. The van der Waals surface area contributed by atoms with E-state index < -0.39 is 28.5 Å². The Morgan fingerprint density at radius 3 is 2.20 bits per heavy atom. The largest absolute Gasteiger partial charge is 0.494 e. The van der Waals surface area contributed by atoms with E-state index in [9.17, 15) is 18.0 Å². The molecule has 1 atom stereocenters. The number of hydrogen-bond donors (Lipinski definition) is 1. The molecule has 0 aromatic heterocycles. The molecular weight excluding hydrogens is 582 g/mol. The summed E-state index contributed by atoms with van der Waals surface area (Å²) >= 11 is 0. The van der Waals surface area contributed by atoms with E-state index in [-0.39, 0.29) is 34.8 Å². The van der Waals surface area contributed by atoms with E-state index in [1.54, 1.807) is 31.2 Å². The van der Waals surface area contributed by atoms with E-state index in [1.165, 1.54) is 37.3 Å². The summed E-state index contributed by atoms with van der Waals surface area (Å²) in [4.78, 5) is 28.9. The average Bonchev–Trinajstić information content (AvgIpc) is 3.55. The number of sulfonamides is 1. The Morgan fingerprint density at radius 1 is 0.932 bits per heavy atom. The summed E-state index contributed by atoms with van der Waals surface area (Å²) in [5.74, 6) is 0.368. The first kappa shape index (κ1) is 32.7. The number of carbonyl (C=O) groups is 2. The molecule has 0 aliphatic heterocycles. The van der Waals surface area contributed by atoms with Gasteiger partial charge in [-0.25, -0.2) is 8.42 Å². The molecule has 3 aromatic rings. The second-order valence-electron chi connectivity index (χ2n) is 10.6. The zero-order valence-corrected chi connectivity index (χ0v) is 26.5. The fraction of sp³-hybridized carbons (Fsp3) is 0.394. The molecule has 4 rings (SSSR count). The van der Waals surface area contributed by atoms with Crippen LogP contribution < -0.4 is 23.8 Å². The zero-order chi connectivity index (χ0) is 31.7. The minimum absolute atomic E-state index is 0.0735. The molecule has 1 aliphatic rings. The van der Waals surface area contributed by atoms with Gasteiger partial charge in [0.15, 0.2) is 11.5 Å². The highest BCUT2D eigenvalue weighted by atomic mass is 32.2. The molecular formula is C33H41N3O7S. The lowest BCUT2D eigenvalue weighted by atomic mass is 10.1. The van der Waals surface area contributed by atoms with Crippen LogP contribution in [0.5, 0.6) is 17.2 Å². The molecule has 1 N–H and O–H groups in total. The van der Waals surface area contributed by atoms with E-state index in [0.29, 0.717) is 18.1 Å². The molecule has 236 valence electrons. The Balaban J connectivity index is 1.71. The van der Waals surface area contributed by atoms with Crippen LogP contribution in [0.1, 0.15) is 45.1 Å². The van der Waals surface area contributed by atoms with Crippen LogP contribution in [-0.2, 0) is 26.2 Å². The highest BCUT2D eigenvalue weighted by Gasteiger charge is 2.34. The Hall–Kier alpha value is -4.25. The number of nitrogens with one attached hydrogen (secondary N) is 1. The van der Waals surface area contributed by atoms with Crippen molar-refractivity contribution in [2.75, 3.05) is 31.7 Å². The number of nitrogens with zero attached hydrogens (tertiary/aromatic N) is 2. The maximum Gasteiger partial charge on any atom is 0.264 e. The fourth-order valence-corrected chi connectivity index (χ4v) is 6.69. The van der Waals surface area contributed by atoms with Gasteiger partial charge >= 0.3 is 0 Å². The lowest BCUT2D eigenvalue weighted by Gasteiger charge is -2.32. The molecule has 44 heavy (non-hydrogen) atoms. The second kappa shape index (κ2) is 15.0. The van der Waals surface area contributed by atoms with Crippen LogP contribution in [0.2, 0.25) is 0 Å². The van der Waals surface area contributed by atoms with Crippen molar-refractivity contribution < 1.29 is 32.2 Å². The van der Waals surface area contributed by atoms with Crippen molar-refractivity contribution in [3.05, 3.63) is 78.4 Å². The average molecular weight is 624 g/mol. The number of carbonyl (C=O) groups excluding carboxylic acids is 2. The van der Waals surface area contributed by atoms with Crippen LogP contribution in [0.25, 0.3) is 0 Å². The standard InChI is InChI=1S/C33H41N3O7S/c1-5-43-28-17-15-27(16-18-28)36(44(39,40)29-19-20-30(41-3)31(21-29)42-4)23-32(37)35(22-25-11-7-6-8-12-25)24(2)33(38)34-26-13-9-10-14-26/h6-8,11-12,15-21,24,26H,5,9-10,13-14,22-23H2,1-4H3,(H,34,38)/t24-/m1/s1. The molecule has 10 nitrogen and oxygen atoms in total. The third-order valence-electron chi connectivity index (χ3n) is 7.72. The topological polar surface area (TPSA) is 114 Å². The number of rotatable bonds is 14. The molecule has 2 amide bonds. The number of amides is 2. The van der Waals surface area contributed by atoms with Crippen LogP contribution in [0.3, 0.4) is 0 Å². The van der Waals surface area contributed by atoms with E-state index in [4.69, 9.17) is 14.2 Å². The van der Waals surface area contributed by atoms with Gasteiger partial charge in [0.25, 0.3) is 10.0 Å². The highest BCUT2D eigenvalue weighted by Crippen LogP contribution is 2.33. The first-order valence-corrected chi connectivity index (χ1v) is 16.2. The summed E-state index contributed by atoms with van der Waals surface area (Å²) in [6.07, 6.45) is 3.91. The monoisotopic (exact) mass is 623 g/mol. The van der Waals surface area contributed by atoms with Gasteiger partial charge < -0.3 is 24.4 Å². The predicted molar refractivity (Wildman–Crippen MR) is 169 cm³/mol. The lowest BCUT2D eigenvalue weighted by molar-refractivity contribution is -0.139. The molecule has 0 heterocycles. The van der Waals surface area contributed by atoms with Gasteiger partial charge in [0.1, 0.15) is 18.3 Å². The third kappa shape index (κ3) is 7.82. The molecule has 11 heteroatoms. The van der Waals surface area contributed by atoms with Gasteiger partial charge in [0.2, 0.25) is 11.8 Å². The molecule has 0 spiro atoms. The summed E-state index contributed by atoms with van der Waals surface area (Å²) in [7, 11) is -1.42. The summed E-state index contributed by atoms with van der Waals surface area (Å²) < 4.78 is 45.7. The number of ether oxygens (including phenoxy) is 3. The molecule has 0 unspecified atom stereocenters. The molecule has 1 saturated carbocycles. The van der Waals surface area contributed by atoms with Crippen molar-refractivity contribution in [1.29, 1.82) is 0 Å². The van der Waals surface area contributed by atoms with Crippen molar-refractivity contribution >= 4 is 27.5 Å².